The molecule has 0 fully saturated rings. The van der Waals surface area contributed by atoms with E-state index in [0.29, 0.717) is 12.0 Å². The molecule has 0 bridgehead atoms. The minimum absolute atomic E-state index is 0.00708. The van der Waals surface area contributed by atoms with Crippen molar-refractivity contribution in [3.63, 3.8) is 0 Å². The van der Waals surface area contributed by atoms with Gasteiger partial charge in [-0.1, -0.05) is 13.2 Å². The number of benzene rings is 3. The number of hydrogen-bond acceptors (Lipinski definition) is 12. The van der Waals surface area contributed by atoms with Crippen molar-refractivity contribution in [2.75, 3.05) is 13.2 Å². The first-order valence-electron chi connectivity index (χ1n) is 14.3. The molecule has 0 aliphatic rings. The third-order valence-corrected chi connectivity index (χ3v) is 6.12. The molecule has 0 amide bonds. The Bertz CT molecular complexity index is 1620. The van der Waals surface area contributed by atoms with Crippen LogP contribution in [0.5, 0.6) is 23.0 Å². The standard InChI is InChI=1S/C35H32O12/c1-4-26(36)8-6-21-43-35(41)46-28-16-12-25(13-17-28)34(40)47-30-19-18-29(22-23(30)3)45-33(39)24-10-14-27(15-11-24)44-32(38)9-7-20-42-31(37)5-2/h4-5,10-19,22H,1-2,6-9,20-21H2,3H3. The van der Waals surface area contributed by atoms with Gasteiger partial charge in [-0.25, -0.2) is 19.2 Å². The Labute approximate surface area is 270 Å². The molecule has 12 heteroatoms. The lowest BCUT2D eigenvalue weighted by Crippen LogP contribution is -2.13. The molecule has 244 valence electrons. The van der Waals surface area contributed by atoms with E-state index in [-0.39, 0.29) is 72.4 Å². The predicted molar refractivity (Wildman–Crippen MR) is 166 cm³/mol. The molecule has 0 aliphatic heterocycles. The molecule has 0 N–H and O–H groups in total. The normalized spacial score (nSPS) is 10.1. The van der Waals surface area contributed by atoms with E-state index < -0.39 is 30.0 Å². The summed E-state index contributed by atoms with van der Waals surface area (Å²) in [5.41, 5.74) is 0.907. The summed E-state index contributed by atoms with van der Waals surface area (Å²) in [6.07, 6.45) is 2.15. The summed E-state index contributed by atoms with van der Waals surface area (Å²) >= 11 is 0. The predicted octanol–water partition coefficient (Wildman–Crippen LogP) is 5.90. The fourth-order valence-corrected chi connectivity index (χ4v) is 3.70. The van der Waals surface area contributed by atoms with Crippen molar-refractivity contribution in [3.8, 4) is 23.0 Å². The van der Waals surface area contributed by atoms with Gasteiger partial charge in [-0.05, 0) is 98.1 Å². The number of carbonyl (C=O) groups excluding carboxylic acids is 6. The van der Waals surface area contributed by atoms with Crippen LogP contribution >= 0.6 is 0 Å². The molecule has 0 radical (unpaired) electrons. The van der Waals surface area contributed by atoms with E-state index in [4.69, 9.17) is 28.4 Å². The minimum atomic E-state index is -0.945. The zero-order chi connectivity index (χ0) is 34.2. The van der Waals surface area contributed by atoms with Crippen molar-refractivity contribution >= 4 is 35.8 Å². The van der Waals surface area contributed by atoms with Crippen molar-refractivity contribution in [1.82, 2.24) is 0 Å². The second kappa shape index (κ2) is 18.1. The zero-order valence-electron chi connectivity index (χ0n) is 25.6. The number of ketones is 1. The molecule has 0 aromatic heterocycles. The van der Waals surface area contributed by atoms with Gasteiger partial charge in [-0.15, -0.1) is 0 Å². The third kappa shape index (κ3) is 12.1. The van der Waals surface area contributed by atoms with E-state index in [1.54, 1.807) is 6.92 Å². The molecule has 0 aliphatic carbocycles. The maximum absolute atomic E-state index is 12.7. The van der Waals surface area contributed by atoms with Gasteiger partial charge in [0.1, 0.15) is 23.0 Å². The molecule has 0 unspecified atom stereocenters. The van der Waals surface area contributed by atoms with E-state index in [1.807, 2.05) is 0 Å². The number of rotatable bonds is 16. The van der Waals surface area contributed by atoms with Gasteiger partial charge in [0.2, 0.25) is 0 Å². The average molecular weight is 645 g/mol. The van der Waals surface area contributed by atoms with Gasteiger partial charge in [0.25, 0.3) is 0 Å². The van der Waals surface area contributed by atoms with Crippen molar-refractivity contribution < 1.29 is 57.2 Å². The molecule has 0 spiro atoms. The molecule has 0 heterocycles. The van der Waals surface area contributed by atoms with Crippen LogP contribution in [0.4, 0.5) is 4.79 Å². The van der Waals surface area contributed by atoms with E-state index in [9.17, 15) is 28.8 Å². The average Bonchev–Trinajstić information content (AvgIpc) is 3.06. The lowest BCUT2D eigenvalue weighted by molar-refractivity contribution is -0.140. The molecule has 0 atom stereocenters. The van der Waals surface area contributed by atoms with Crippen LogP contribution in [0.15, 0.2) is 92.0 Å². The number of allylic oxidation sites excluding steroid dienone is 1. The summed E-state index contributed by atoms with van der Waals surface area (Å²) in [5.74, 6) is -1.76. The Morgan fingerprint density at radius 2 is 1.17 bits per heavy atom. The number of aryl methyl sites for hydroxylation is 1. The van der Waals surface area contributed by atoms with Crippen LogP contribution in [0.25, 0.3) is 0 Å². The maximum atomic E-state index is 12.7. The SMILES string of the molecule is C=CC(=O)CCCOC(=O)Oc1ccc(C(=O)Oc2ccc(OC(=O)c3ccc(OC(=O)CCCOC(=O)C=C)cc3)cc2C)cc1. The first-order valence-corrected chi connectivity index (χ1v) is 14.3. The van der Waals surface area contributed by atoms with E-state index in [0.717, 1.165) is 6.08 Å². The summed E-state index contributed by atoms with van der Waals surface area (Å²) in [6.45, 7) is 8.39. The number of ether oxygens (including phenoxy) is 6. The topological polar surface area (TPSA) is 158 Å². The summed E-state index contributed by atoms with van der Waals surface area (Å²) in [7, 11) is 0. The molecule has 3 aromatic rings. The highest BCUT2D eigenvalue weighted by Crippen LogP contribution is 2.26. The zero-order valence-corrected chi connectivity index (χ0v) is 25.6. The monoisotopic (exact) mass is 644 g/mol. The Morgan fingerprint density at radius 3 is 1.77 bits per heavy atom. The second-order valence-electron chi connectivity index (χ2n) is 9.68. The molecular weight excluding hydrogens is 612 g/mol. The van der Waals surface area contributed by atoms with Crippen molar-refractivity contribution in [3.05, 3.63) is 109 Å². The van der Waals surface area contributed by atoms with Crippen LogP contribution in [0, 0.1) is 6.92 Å². The van der Waals surface area contributed by atoms with Crippen LogP contribution in [0.3, 0.4) is 0 Å². The van der Waals surface area contributed by atoms with Gasteiger partial charge in [0.15, 0.2) is 5.78 Å². The van der Waals surface area contributed by atoms with Gasteiger partial charge in [-0.2, -0.15) is 0 Å². The molecule has 0 saturated heterocycles. The fourth-order valence-electron chi connectivity index (χ4n) is 3.70. The van der Waals surface area contributed by atoms with Gasteiger partial charge in [-0.3, -0.25) is 9.59 Å². The Balaban J connectivity index is 1.46. The van der Waals surface area contributed by atoms with Gasteiger partial charge >= 0.3 is 30.0 Å². The first kappa shape index (κ1) is 35.4. The molecule has 3 aromatic carbocycles. The summed E-state index contributed by atoms with van der Waals surface area (Å²) in [6, 6.07) is 15.9. The Kier molecular flexibility index (Phi) is 13.6. The van der Waals surface area contributed by atoms with Crippen molar-refractivity contribution in [1.29, 1.82) is 0 Å². The van der Waals surface area contributed by atoms with Crippen LogP contribution < -0.4 is 18.9 Å². The van der Waals surface area contributed by atoms with E-state index >= 15 is 0 Å². The van der Waals surface area contributed by atoms with Crippen LogP contribution in [-0.4, -0.2) is 49.0 Å². The molecule has 3 rings (SSSR count). The summed E-state index contributed by atoms with van der Waals surface area (Å²) < 4.78 is 30.9. The highest BCUT2D eigenvalue weighted by atomic mass is 16.7. The second-order valence-corrected chi connectivity index (χ2v) is 9.68. The maximum Gasteiger partial charge on any atom is 0.513 e. The van der Waals surface area contributed by atoms with Crippen LogP contribution in [-0.2, 0) is 23.9 Å². The number of carbonyl (C=O) groups is 6. The number of hydrogen-bond donors (Lipinski definition) is 0. The van der Waals surface area contributed by atoms with Gasteiger partial charge in [0, 0.05) is 18.9 Å². The summed E-state index contributed by atoms with van der Waals surface area (Å²) in [5, 5.41) is 0. The van der Waals surface area contributed by atoms with Gasteiger partial charge in [0.05, 0.1) is 24.3 Å². The van der Waals surface area contributed by atoms with Crippen molar-refractivity contribution in [2.24, 2.45) is 0 Å². The lowest BCUT2D eigenvalue weighted by Gasteiger charge is -2.11. The Morgan fingerprint density at radius 1 is 0.617 bits per heavy atom. The van der Waals surface area contributed by atoms with Crippen LogP contribution in [0.2, 0.25) is 0 Å². The van der Waals surface area contributed by atoms with Crippen molar-refractivity contribution in [2.45, 2.75) is 32.6 Å². The first-order chi connectivity index (χ1) is 22.6. The minimum Gasteiger partial charge on any atom is -0.463 e. The van der Waals surface area contributed by atoms with E-state index in [2.05, 4.69) is 13.2 Å². The largest absolute Gasteiger partial charge is 0.513 e. The highest BCUT2D eigenvalue weighted by molar-refractivity contribution is 5.92. The van der Waals surface area contributed by atoms with Crippen LogP contribution in [0.1, 0.15) is 52.0 Å². The Hall–Kier alpha value is -6.04. The third-order valence-electron chi connectivity index (χ3n) is 6.12. The van der Waals surface area contributed by atoms with Gasteiger partial charge < -0.3 is 28.4 Å². The fraction of sp³-hybridized carbons (Fsp3) is 0.200. The molecular formula is C35H32O12. The smallest absolute Gasteiger partial charge is 0.463 e. The molecule has 47 heavy (non-hydrogen) atoms. The van der Waals surface area contributed by atoms with E-state index in [1.165, 1.54) is 72.8 Å². The number of esters is 4. The molecule has 0 saturated carbocycles. The summed E-state index contributed by atoms with van der Waals surface area (Å²) in [4.78, 5) is 71.3. The highest BCUT2D eigenvalue weighted by Gasteiger charge is 2.15. The lowest BCUT2D eigenvalue weighted by atomic mass is 10.2. The molecule has 12 nitrogen and oxygen atoms in total. The quantitative estimate of drug-likeness (QED) is 0.0599.